The Bertz CT molecular complexity index is 503. The van der Waals surface area contributed by atoms with Crippen molar-refractivity contribution in [1.82, 2.24) is 10.6 Å². The molecular formula is C16H25N3O3. The molecule has 0 unspecified atom stereocenters. The van der Waals surface area contributed by atoms with E-state index in [0.29, 0.717) is 37.6 Å². The highest BCUT2D eigenvalue weighted by atomic mass is 16.5. The molecule has 0 aliphatic rings. The van der Waals surface area contributed by atoms with Crippen LogP contribution in [0.15, 0.2) is 18.2 Å². The Labute approximate surface area is 131 Å². The molecule has 6 nitrogen and oxygen atoms in total. The van der Waals surface area contributed by atoms with Crippen LogP contribution in [-0.4, -0.2) is 38.2 Å². The number of ether oxygens (including phenoxy) is 1. The molecule has 6 heteroatoms. The lowest BCUT2D eigenvalue weighted by Gasteiger charge is -2.11. The van der Waals surface area contributed by atoms with E-state index in [2.05, 4.69) is 16.0 Å². The molecule has 3 amide bonds. The first-order chi connectivity index (χ1) is 10.6. The second-order valence-corrected chi connectivity index (χ2v) is 4.82. The van der Waals surface area contributed by atoms with Crippen LogP contribution in [0.4, 0.5) is 10.5 Å². The van der Waals surface area contributed by atoms with Gasteiger partial charge in [-0.1, -0.05) is 0 Å². The molecule has 1 aromatic rings. The number of carbonyl (C=O) groups is 2. The summed E-state index contributed by atoms with van der Waals surface area (Å²) in [5.41, 5.74) is 2.12. The average Bonchev–Trinajstić information content (AvgIpc) is 2.49. The quantitative estimate of drug-likeness (QED) is 0.645. The summed E-state index contributed by atoms with van der Waals surface area (Å²) in [6.07, 6.45) is 0.774. The zero-order valence-electron chi connectivity index (χ0n) is 13.5. The first-order valence-corrected chi connectivity index (χ1v) is 7.59. The second kappa shape index (κ2) is 9.78. The fraction of sp³-hybridized carbons (Fsp3) is 0.500. The largest absolute Gasteiger partial charge is 0.382 e. The third-order valence-electron chi connectivity index (χ3n) is 3.03. The minimum absolute atomic E-state index is 0.113. The van der Waals surface area contributed by atoms with Crippen LogP contribution in [0, 0.1) is 6.92 Å². The summed E-state index contributed by atoms with van der Waals surface area (Å²) in [6, 6.07) is 4.93. The Hall–Kier alpha value is -2.08. The van der Waals surface area contributed by atoms with E-state index in [0.717, 1.165) is 12.0 Å². The summed E-state index contributed by atoms with van der Waals surface area (Å²) in [6.45, 7) is 8.13. The minimum Gasteiger partial charge on any atom is -0.382 e. The maximum atomic E-state index is 11.8. The predicted octanol–water partition coefficient (Wildman–Crippen LogP) is 2.29. The topological polar surface area (TPSA) is 79.5 Å². The Balaban J connectivity index is 2.48. The summed E-state index contributed by atoms with van der Waals surface area (Å²) in [5, 5.41) is 8.29. The summed E-state index contributed by atoms with van der Waals surface area (Å²) in [4.78, 5) is 23.5. The van der Waals surface area contributed by atoms with Crippen LogP contribution >= 0.6 is 0 Å². The van der Waals surface area contributed by atoms with Crippen LogP contribution in [0.1, 0.15) is 36.2 Å². The molecule has 0 saturated heterocycles. The third kappa shape index (κ3) is 6.13. The van der Waals surface area contributed by atoms with Gasteiger partial charge >= 0.3 is 6.03 Å². The highest BCUT2D eigenvalue weighted by Crippen LogP contribution is 2.16. The van der Waals surface area contributed by atoms with Crippen LogP contribution in [0.3, 0.4) is 0 Å². The Kier molecular flexibility index (Phi) is 7.99. The zero-order valence-corrected chi connectivity index (χ0v) is 13.5. The first kappa shape index (κ1) is 18.0. The van der Waals surface area contributed by atoms with E-state index in [9.17, 15) is 9.59 Å². The maximum Gasteiger partial charge on any atom is 0.319 e. The third-order valence-corrected chi connectivity index (χ3v) is 3.03. The lowest BCUT2D eigenvalue weighted by Crippen LogP contribution is -2.30. The van der Waals surface area contributed by atoms with Crippen molar-refractivity contribution >= 4 is 17.6 Å². The number of anilines is 1. The number of rotatable bonds is 8. The second-order valence-electron chi connectivity index (χ2n) is 4.82. The zero-order chi connectivity index (χ0) is 16.4. The SMILES string of the molecule is CCNC(=O)c1ccc(NC(=O)NCCCOCC)c(C)c1. The van der Waals surface area contributed by atoms with Gasteiger partial charge in [-0.2, -0.15) is 0 Å². The lowest BCUT2D eigenvalue weighted by atomic mass is 10.1. The van der Waals surface area contributed by atoms with Crippen LogP contribution in [0.25, 0.3) is 0 Å². The summed E-state index contributed by atoms with van der Waals surface area (Å²) in [5.74, 6) is -0.113. The highest BCUT2D eigenvalue weighted by Gasteiger charge is 2.08. The van der Waals surface area contributed by atoms with E-state index < -0.39 is 0 Å². The van der Waals surface area contributed by atoms with Crippen molar-refractivity contribution in [2.75, 3.05) is 31.6 Å². The number of hydrogen-bond acceptors (Lipinski definition) is 3. The van der Waals surface area contributed by atoms with Crippen molar-refractivity contribution in [1.29, 1.82) is 0 Å². The molecule has 0 aromatic heterocycles. The normalized spacial score (nSPS) is 10.1. The van der Waals surface area contributed by atoms with Gasteiger partial charge in [-0.05, 0) is 51.0 Å². The molecule has 3 N–H and O–H groups in total. The van der Waals surface area contributed by atoms with Gasteiger partial charge in [0.15, 0.2) is 0 Å². The van der Waals surface area contributed by atoms with Gasteiger partial charge < -0.3 is 20.7 Å². The molecule has 0 aliphatic heterocycles. The number of carbonyl (C=O) groups excluding carboxylic acids is 2. The molecular weight excluding hydrogens is 282 g/mol. The predicted molar refractivity (Wildman–Crippen MR) is 87.3 cm³/mol. The van der Waals surface area contributed by atoms with E-state index in [1.165, 1.54) is 0 Å². The van der Waals surface area contributed by atoms with Crippen molar-refractivity contribution in [3.05, 3.63) is 29.3 Å². The van der Waals surface area contributed by atoms with Crippen molar-refractivity contribution in [2.24, 2.45) is 0 Å². The summed E-state index contributed by atoms with van der Waals surface area (Å²) >= 11 is 0. The van der Waals surface area contributed by atoms with Gasteiger partial charge in [0.2, 0.25) is 0 Å². The minimum atomic E-state index is -0.259. The molecule has 0 atom stereocenters. The molecule has 0 bridgehead atoms. The van der Waals surface area contributed by atoms with Gasteiger partial charge in [0.05, 0.1) is 0 Å². The van der Waals surface area contributed by atoms with Crippen molar-refractivity contribution < 1.29 is 14.3 Å². The molecule has 0 radical (unpaired) electrons. The molecule has 0 fully saturated rings. The van der Waals surface area contributed by atoms with Crippen molar-refractivity contribution in [3.63, 3.8) is 0 Å². The Morgan fingerprint density at radius 2 is 1.95 bits per heavy atom. The average molecular weight is 307 g/mol. The van der Waals surface area contributed by atoms with E-state index in [4.69, 9.17) is 4.74 Å². The van der Waals surface area contributed by atoms with E-state index in [-0.39, 0.29) is 11.9 Å². The fourth-order valence-electron chi connectivity index (χ4n) is 1.89. The summed E-state index contributed by atoms with van der Waals surface area (Å²) < 4.78 is 5.20. The van der Waals surface area contributed by atoms with Gasteiger partial charge in [-0.25, -0.2) is 4.79 Å². The number of nitrogens with one attached hydrogen (secondary N) is 3. The number of hydrogen-bond donors (Lipinski definition) is 3. The standard InChI is InChI=1S/C16H25N3O3/c1-4-17-15(20)13-7-8-14(12(3)11-13)19-16(21)18-9-6-10-22-5-2/h7-8,11H,4-6,9-10H2,1-3H3,(H,17,20)(H2,18,19,21). The van der Waals surface area contributed by atoms with Gasteiger partial charge in [0.1, 0.15) is 0 Å². The van der Waals surface area contributed by atoms with Gasteiger partial charge in [-0.3, -0.25) is 4.79 Å². The molecule has 0 aliphatic carbocycles. The van der Waals surface area contributed by atoms with Gasteiger partial charge in [0.25, 0.3) is 5.91 Å². The molecule has 22 heavy (non-hydrogen) atoms. The van der Waals surface area contributed by atoms with Gasteiger partial charge in [-0.15, -0.1) is 0 Å². The Morgan fingerprint density at radius 3 is 2.59 bits per heavy atom. The van der Waals surface area contributed by atoms with E-state index in [1.54, 1.807) is 18.2 Å². The molecule has 0 heterocycles. The highest BCUT2D eigenvalue weighted by molar-refractivity contribution is 5.96. The van der Waals surface area contributed by atoms with Crippen LogP contribution in [-0.2, 0) is 4.74 Å². The number of amides is 3. The fourth-order valence-corrected chi connectivity index (χ4v) is 1.89. The molecule has 122 valence electrons. The molecule has 1 rings (SSSR count). The van der Waals surface area contributed by atoms with Crippen LogP contribution < -0.4 is 16.0 Å². The Morgan fingerprint density at radius 1 is 1.18 bits per heavy atom. The maximum absolute atomic E-state index is 11.8. The molecule has 1 aromatic carbocycles. The summed E-state index contributed by atoms with van der Waals surface area (Å²) in [7, 11) is 0. The number of aryl methyl sites for hydroxylation is 1. The van der Waals surface area contributed by atoms with Gasteiger partial charge in [0, 0.05) is 37.6 Å². The van der Waals surface area contributed by atoms with Crippen molar-refractivity contribution in [2.45, 2.75) is 27.2 Å². The van der Waals surface area contributed by atoms with E-state index >= 15 is 0 Å². The molecule has 0 spiro atoms. The smallest absolute Gasteiger partial charge is 0.319 e. The molecule has 0 saturated carbocycles. The van der Waals surface area contributed by atoms with Crippen molar-refractivity contribution in [3.8, 4) is 0 Å². The van der Waals surface area contributed by atoms with Crippen LogP contribution in [0.5, 0.6) is 0 Å². The number of benzene rings is 1. The first-order valence-electron chi connectivity index (χ1n) is 7.59. The number of urea groups is 1. The monoisotopic (exact) mass is 307 g/mol. The lowest BCUT2D eigenvalue weighted by molar-refractivity contribution is 0.0955. The van der Waals surface area contributed by atoms with Crippen LogP contribution in [0.2, 0.25) is 0 Å². The van der Waals surface area contributed by atoms with E-state index in [1.807, 2.05) is 20.8 Å².